The van der Waals surface area contributed by atoms with Crippen molar-refractivity contribution in [1.82, 2.24) is 19.6 Å². The van der Waals surface area contributed by atoms with E-state index >= 15 is 0 Å². The third kappa shape index (κ3) is 9.02. The number of nitro benzene ring substituents is 1. The van der Waals surface area contributed by atoms with E-state index in [1.54, 1.807) is 24.4 Å². The number of sulfonamides is 1. The van der Waals surface area contributed by atoms with E-state index in [0.29, 0.717) is 55.1 Å². The third-order valence-corrected chi connectivity index (χ3v) is 17.1. The number of aliphatic hydroxyl groups is 1. The fraction of sp³-hybridized carbons (Fsp3) is 0.500. The summed E-state index contributed by atoms with van der Waals surface area (Å²) < 4.78 is 42.5. The number of H-pyrrole nitrogens is 1. The number of nitrogens with one attached hydrogen (secondary N) is 3. The molecule has 5 aliphatic rings. The Kier molecular flexibility index (Phi) is 11.8. The number of fused-ring (bicyclic) bond motifs is 2. The molecule has 68 heavy (non-hydrogen) atoms. The minimum absolute atomic E-state index is 0.00411. The Labute approximate surface area is 398 Å². The van der Waals surface area contributed by atoms with Crippen LogP contribution in [-0.2, 0) is 10.0 Å². The van der Waals surface area contributed by atoms with Crippen LogP contribution in [0.4, 0.5) is 17.1 Å². The maximum Gasteiger partial charge on any atom is 0.297 e. The van der Waals surface area contributed by atoms with Crippen molar-refractivity contribution in [3.63, 3.8) is 0 Å². The van der Waals surface area contributed by atoms with Gasteiger partial charge in [-0.2, -0.15) is 0 Å². The predicted molar refractivity (Wildman–Crippen MR) is 261 cm³/mol. The van der Waals surface area contributed by atoms with Gasteiger partial charge in [-0.15, -0.1) is 0 Å². The van der Waals surface area contributed by atoms with E-state index in [-0.39, 0.29) is 52.1 Å². The van der Waals surface area contributed by atoms with E-state index in [9.17, 15) is 28.4 Å². The second kappa shape index (κ2) is 17.4. The van der Waals surface area contributed by atoms with Crippen LogP contribution in [0.25, 0.3) is 11.0 Å². The van der Waals surface area contributed by atoms with Gasteiger partial charge in [0.05, 0.1) is 33.2 Å². The molecule has 10 rings (SSSR count). The van der Waals surface area contributed by atoms with Gasteiger partial charge in [0.2, 0.25) is 0 Å². The van der Waals surface area contributed by atoms with Crippen molar-refractivity contribution >= 4 is 44.0 Å². The van der Waals surface area contributed by atoms with Crippen LogP contribution in [0.3, 0.4) is 0 Å². The number of aromatic nitrogens is 2. The highest BCUT2D eigenvalue weighted by Crippen LogP contribution is 2.56. The number of nitrogens with zero attached hydrogens (tertiary/aromatic N) is 4. The number of hydrogen-bond donors (Lipinski definition) is 4. The SMILES string of the molecule is CC(C)c1ccccc1[C@@H]1CC(C)(C)CN1C1CC2(CCN(c3ccc(C(=O)NS(=O)(=O)c4cc5c(c([N+](=O)[O-])c4)N[C@H](C4CCC(C)(O)CC4)CO5)c(Oc4cnc5[nH]ccc5c4)c3)CC2)C1. The van der Waals surface area contributed by atoms with Crippen molar-refractivity contribution in [2.45, 2.75) is 127 Å². The zero-order chi connectivity index (χ0) is 47.8. The Hall–Kier alpha value is -5.71. The first-order chi connectivity index (χ1) is 32.3. The molecule has 16 heteroatoms. The summed E-state index contributed by atoms with van der Waals surface area (Å²) >= 11 is 0. The van der Waals surface area contributed by atoms with E-state index in [1.165, 1.54) is 36.2 Å². The zero-order valence-electron chi connectivity index (χ0n) is 39.6. The number of pyridine rings is 1. The molecule has 5 heterocycles. The molecule has 15 nitrogen and oxygen atoms in total. The largest absolute Gasteiger partial charge is 0.489 e. The number of aromatic amines is 1. The van der Waals surface area contributed by atoms with Crippen molar-refractivity contribution in [1.29, 1.82) is 0 Å². The van der Waals surface area contributed by atoms with Gasteiger partial charge in [-0.25, -0.2) is 18.1 Å². The van der Waals surface area contributed by atoms with Gasteiger partial charge < -0.3 is 29.8 Å². The number of benzene rings is 3. The topological polar surface area (TPSA) is 192 Å². The molecular weight excluding hydrogens is 883 g/mol. The smallest absolute Gasteiger partial charge is 0.297 e. The van der Waals surface area contributed by atoms with Gasteiger partial charge in [0.1, 0.15) is 23.8 Å². The molecule has 2 aromatic heterocycles. The molecule has 0 unspecified atom stereocenters. The van der Waals surface area contributed by atoms with Crippen LogP contribution in [0.2, 0.25) is 0 Å². The first-order valence-electron chi connectivity index (χ1n) is 24.2. The minimum Gasteiger partial charge on any atom is -0.489 e. The van der Waals surface area contributed by atoms with E-state index in [4.69, 9.17) is 9.47 Å². The molecule has 5 aromatic rings. The van der Waals surface area contributed by atoms with Crippen LogP contribution in [0.5, 0.6) is 17.2 Å². The van der Waals surface area contributed by atoms with E-state index in [2.05, 4.69) is 81.8 Å². The Morgan fingerprint density at radius 1 is 1.00 bits per heavy atom. The van der Waals surface area contributed by atoms with Crippen LogP contribution in [-0.4, -0.2) is 83.1 Å². The van der Waals surface area contributed by atoms with E-state index < -0.39 is 37.0 Å². The van der Waals surface area contributed by atoms with Crippen molar-refractivity contribution in [3.8, 4) is 17.2 Å². The lowest BCUT2D eigenvalue weighted by molar-refractivity contribution is -0.384. The molecule has 4 N–H and O–H groups in total. The van der Waals surface area contributed by atoms with Gasteiger partial charge in [-0.3, -0.25) is 19.8 Å². The number of hydrogen-bond acceptors (Lipinski definition) is 12. The van der Waals surface area contributed by atoms with Gasteiger partial charge >= 0.3 is 0 Å². The lowest BCUT2D eigenvalue weighted by Crippen LogP contribution is -2.55. The lowest BCUT2D eigenvalue weighted by Gasteiger charge is -2.56. The third-order valence-electron chi connectivity index (χ3n) is 15.8. The zero-order valence-corrected chi connectivity index (χ0v) is 40.4. The van der Waals surface area contributed by atoms with Gasteiger partial charge in [0.25, 0.3) is 21.6 Å². The average molecular weight is 946 g/mol. The molecule has 2 saturated carbocycles. The highest BCUT2D eigenvalue weighted by molar-refractivity contribution is 7.90. The summed E-state index contributed by atoms with van der Waals surface area (Å²) in [7, 11) is -4.66. The average Bonchev–Trinajstić information content (AvgIpc) is 3.90. The maximum atomic E-state index is 14.1. The molecule has 1 spiro atoms. The van der Waals surface area contributed by atoms with E-state index in [0.717, 1.165) is 56.0 Å². The molecular formula is C52H63N7O8S. The summed E-state index contributed by atoms with van der Waals surface area (Å²) in [6, 6.07) is 20.7. The summed E-state index contributed by atoms with van der Waals surface area (Å²) in [5.41, 5.74) is 3.78. The first kappa shape index (κ1) is 46.0. The van der Waals surface area contributed by atoms with Crippen LogP contribution >= 0.6 is 0 Å². The van der Waals surface area contributed by atoms with Crippen molar-refractivity contribution < 1.29 is 32.7 Å². The molecule has 2 saturated heterocycles. The Balaban J connectivity index is 0.859. The summed E-state index contributed by atoms with van der Waals surface area (Å²) in [6.45, 7) is 14.1. The molecule has 0 radical (unpaired) electrons. The normalized spacial score (nSPS) is 24.8. The number of amides is 1. The molecule has 4 fully saturated rings. The van der Waals surface area contributed by atoms with Crippen LogP contribution < -0.4 is 24.4 Å². The Bertz CT molecular complexity index is 2850. The monoisotopic (exact) mass is 945 g/mol. The number of nitro groups is 1. The summed E-state index contributed by atoms with van der Waals surface area (Å²) in [6.07, 6.45) is 11.5. The molecule has 3 aromatic carbocycles. The standard InChI is InChI=1S/C52H63N7O8S/c1-32(2)39-8-6-7-9-40(39)44-28-50(3,4)31-58(44)36-26-52(27-36)17-20-57(21-18-52)35-10-11-41(45(23-35)67-37-22-34-14-19-53-48(34)54-29-37)49(60)56-68(64,65)38-24-43(59(62)63)47-46(25-38)66-30-42(55-47)33-12-15-51(5,61)16-13-33/h6-11,14,19,22-25,29,32-33,36,42,44,55,61H,12-13,15-18,20-21,26-28,30-31H2,1-5H3,(H,53,54)(H,56,60)/t33?,42-,44-,51?/m0/s1. The van der Waals surface area contributed by atoms with Gasteiger partial charge in [-0.1, -0.05) is 52.0 Å². The quantitative estimate of drug-likeness (QED) is 0.0725. The second-order valence-corrected chi connectivity index (χ2v) is 23.3. The van der Waals surface area contributed by atoms with Gasteiger partial charge in [-0.05, 0) is 123 Å². The fourth-order valence-electron chi connectivity index (χ4n) is 11.9. The lowest BCUT2D eigenvalue weighted by atomic mass is 9.59. The number of likely N-dealkylation sites (tertiary alicyclic amines) is 1. The van der Waals surface area contributed by atoms with Gasteiger partial charge in [0, 0.05) is 67.2 Å². The number of rotatable bonds is 11. The van der Waals surface area contributed by atoms with Gasteiger partial charge in [0.15, 0.2) is 11.4 Å². The Morgan fingerprint density at radius 3 is 2.49 bits per heavy atom. The summed E-state index contributed by atoms with van der Waals surface area (Å²) in [5.74, 6) is 0.112. The molecule has 1 amide bonds. The van der Waals surface area contributed by atoms with Crippen molar-refractivity contribution in [2.75, 3.05) is 36.5 Å². The van der Waals surface area contributed by atoms with E-state index in [1.807, 2.05) is 19.1 Å². The minimum atomic E-state index is -4.66. The number of carbonyl (C=O) groups excluding carboxylic acids is 1. The fourth-order valence-corrected chi connectivity index (χ4v) is 12.9. The first-order valence-corrected chi connectivity index (χ1v) is 25.7. The van der Waals surface area contributed by atoms with Crippen molar-refractivity contribution in [2.24, 2.45) is 16.7 Å². The molecule has 3 aliphatic heterocycles. The highest BCUT2D eigenvalue weighted by atomic mass is 32.2. The molecule has 360 valence electrons. The van der Waals surface area contributed by atoms with Crippen molar-refractivity contribution in [3.05, 3.63) is 106 Å². The number of carbonyl (C=O) groups is 1. The van der Waals surface area contributed by atoms with Crippen LogP contribution in [0, 0.1) is 26.9 Å². The van der Waals surface area contributed by atoms with Crippen LogP contribution in [0.1, 0.15) is 126 Å². The summed E-state index contributed by atoms with van der Waals surface area (Å²) in [5, 5.41) is 26.9. The summed E-state index contributed by atoms with van der Waals surface area (Å²) in [4.78, 5) is 38.0. The highest BCUT2D eigenvalue weighted by Gasteiger charge is 2.52. The second-order valence-electron chi connectivity index (χ2n) is 21.7. The molecule has 2 aliphatic carbocycles. The number of piperidine rings is 1. The molecule has 2 atom stereocenters. The maximum absolute atomic E-state index is 14.1. The van der Waals surface area contributed by atoms with Crippen LogP contribution in [0.15, 0.2) is 84.0 Å². The molecule has 0 bridgehead atoms. The predicted octanol–water partition coefficient (Wildman–Crippen LogP) is 9.84. The Morgan fingerprint density at radius 2 is 1.75 bits per heavy atom. The number of anilines is 2. The number of ether oxygens (including phenoxy) is 2.